The Morgan fingerprint density at radius 1 is 1.20 bits per heavy atom. The first-order valence-electron chi connectivity index (χ1n) is 5.77. The molecule has 10 heteroatoms. The number of rotatable bonds is 7. The van der Waals surface area contributed by atoms with E-state index in [9.17, 15) is 14.4 Å². The Labute approximate surface area is 127 Å². The van der Waals surface area contributed by atoms with Crippen LogP contribution in [0.1, 0.15) is 12.8 Å². The van der Waals surface area contributed by atoms with Gasteiger partial charge in [0.2, 0.25) is 17.7 Å². The van der Waals surface area contributed by atoms with E-state index >= 15 is 0 Å². The van der Waals surface area contributed by atoms with E-state index in [2.05, 4.69) is 10.2 Å². The molecule has 0 spiro atoms. The molecule has 0 aromatic carbocycles. The number of imide groups is 1. The van der Waals surface area contributed by atoms with Gasteiger partial charge < -0.3 is 5.73 Å². The summed E-state index contributed by atoms with van der Waals surface area (Å²) in [5.41, 5.74) is 5.05. The van der Waals surface area contributed by atoms with Crippen molar-refractivity contribution in [3.8, 4) is 0 Å². The Morgan fingerprint density at radius 3 is 2.40 bits per heavy atom. The van der Waals surface area contributed by atoms with Crippen LogP contribution >= 0.6 is 34.9 Å². The summed E-state index contributed by atoms with van der Waals surface area (Å²) in [5.74, 6) is 0.157. The fourth-order valence-corrected chi connectivity index (χ4v) is 4.30. The van der Waals surface area contributed by atoms with Crippen LogP contribution in [0.15, 0.2) is 8.68 Å². The fourth-order valence-electron chi connectivity index (χ4n) is 1.54. The van der Waals surface area contributed by atoms with Crippen LogP contribution in [0.2, 0.25) is 0 Å². The minimum atomic E-state index is -0.398. The number of aromatic nitrogens is 2. The predicted molar refractivity (Wildman–Crippen MR) is 76.5 cm³/mol. The first-order chi connectivity index (χ1) is 9.56. The van der Waals surface area contributed by atoms with Crippen molar-refractivity contribution in [3.63, 3.8) is 0 Å². The first-order valence-corrected chi connectivity index (χ1v) is 8.55. The van der Waals surface area contributed by atoms with Crippen molar-refractivity contribution in [2.24, 2.45) is 5.73 Å². The van der Waals surface area contributed by atoms with Crippen LogP contribution in [-0.2, 0) is 14.4 Å². The maximum atomic E-state index is 11.4. The highest BCUT2D eigenvalue weighted by Gasteiger charge is 2.28. The molecule has 7 nitrogen and oxygen atoms in total. The molecule has 0 saturated carbocycles. The van der Waals surface area contributed by atoms with Crippen LogP contribution in [0.25, 0.3) is 0 Å². The average Bonchev–Trinajstić information content (AvgIpc) is 2.97. The van der Waals surface area contributed by atoms with Gasteiger partial charge in [0.25, 0.3) is 0 Å². The van der Waals surface area contributed by atoms with Gasteiger partial charge in [-0.3, -0.25) is 19.3 Å². The van der Waals surface area contributed by atoms with Crippen molar-refractivity contribution >= 4 is 52.6 Å². The summed E-state index contributed by atoms with van der Waals surface area (Å²) >= 11 is 4.05. The molecule has 3 amide bonds. The zero-order chi connectivity index (χ0) is 14.5. The van der Waals surface area contributed by atoms with Crippen molar-refractivity contribution in [3.05, 3.63) is 0 Å². The zero-order valence-electron chi connectivity index (χ0n) is 10.4. The number of carbonyl (C=O) groups is 3. The van der Waals surface area contributed by atoms with Crippen molar-refractivity contribution < 1.29 is 14.4 Å². The standard InChI is InChI=1S/C10H12N4O3S3/c11-6(15)5-19-10-13-12-9(20-10)18-4-3-14-7(16)1-2-8(14)17/h1-5H2,(H2,11,15). The highest BCUT2D eigenvalue weighted by molar-refractivity contribution is 8.03. The lowest BCUT2D eigenvalue weighted by Crippen LogP contribution is -2.31. The van der Waals surface area contributed by atoms with Gasteiger partial charge in [-0.15, -0.1) is 10.2 Å². The summed E-state index contributed by atoms with van der Waals surface area (Å²) in [6.45, 7) is 0.395. The van der Waals surface area contributed by atoms with E-state index in [1.807, 2.05) is 0 Å². The first kappa shape index (κ1) is 15.3. The van der Waals surface area contributed by atoms with E-state index in [4.69, 9.17) is 5.73 Å². The van der Waals surface area contributed by atoms with Gasteiger partial charge in [0.15, 0.2) is 8.68 Å². The highest BCUT2D eigenvalue weighted by atomic mass is 32.2. The van der Waals surface area contributed by atoms with Crippen molar-refractivity contribution in [1.29, 1.82) is 0 Å². The summed E-state index contributed by atoms with van der Waals surface area (Å²) in [6.07, 6.45) is 0.631. The lowest BCUT2D eigenvalue weighted by molar-refractivity contribution is -0.138. The van der Waals surface area contributed by atoms with Crippen LogP contribution in [0.5, 0.6) is 0 Å². The third-order valence-electron chi connectivity index (χ3n) is 2.42. The third kappa shape index (κ3) is 4.18. The average molecular weight is 332 g/mol. The van der Waals surface area contributed by atoms with E-state index in [0.717, 1.165) is 4.34 Å². The lowest BCUT2D eigenvalue weighted by atomic mass is 10.4. The molecule has 2 N–H and O–H groups in total. The molecular formula is C10H12N4O3S3. The number of primary amides is 1. The Balaban J connectivity index is 1.75. The summed E-state index contributed by atoms with van der Waals surface area (Å²) in [5, 5.41) is 7.89. The minimum absolute atomic E-state index is 0.106. The molecule has 1 fully saturated rings. The van der Waals surface area contributed by atoms with Crippen LogP contribution < -0.4 is 5.73 Å². The number of amides is 3. The molecule has 0 radical (unpaired) electrons. The molecule has 2 heterocycles. The Hall–Kier alpha value is -1.13. The van der Waals surface area contributed by atoms with E-state index < -0.39 is 5.91 Å². The smallest absolute Gasteiger partial charge is 0.229 e. The number of nitrogens with two attached hydrogens (primary N) is 1. The second kappa shape index (κ2) is 7.04. The van der Waals surface area contributed by atoms with E-state index in [0.29, 0.717) is 29.5 Å². The van der Waals surface area contributed by atoms with Crippen molar-refractivity contribution in [2.75, 3.05) is 18.1 Å². The highest BCUT2D eigenvalue weighted by Crippen LogP contribution is 2.28. The maximum absolute atomic E-state index is 11.4. The van der Waals surface area contributed by atoms with Gasteiger partial charge in [0.1, 0.15) is 0 Å². The van der Waals surface area contributed by atoms with Crippen LogP contribution in [0, 0.1) is 0 Å². The molecular weight excluding hydrogens is 320 g/mol. The molecule has 0 unspecified atom stereocenters. The van der Waals surface area contributed by atoms with Gasteiger partial charge in [0, 0.05) is 25.1 Å². The number of nitrogens with zero attached hydrogens (tertiary/aromatic N) is 3. The van der Waals surface area contributed by atoms with Gasteiger partial charge >= 0.3 is 0 Å². The Bertz CT molecular complexity index is 518. The number of hydrogen-bond donors (Lipinski definition) is 1. The van der Waals surface area contributed by atoms with E-state index in [1.165, 1.54) is 39.8 Å². The lowest BCUT2D eigenvalue weighted by Gasteiger charge is -2.11. The zero-order valence-corrected chi connectivity index (χ0v) is 12.9. The fraction of sp³-hybridized carbons (Fsp3) is 0.500. The monoisotopic (exact) mass is 332 g/mol. The van der Waals surface area contributed by atoms with Crippen LogP contribution in [0.3, 0.4) is 0 Å². The molecule has 1 aliphatic heterocycles. The second-order valence-electron chi connectivity index (χ2n) is 3.88. The molecule has 2 rings (SSSR count). The van der Waals surface area contributed by atoms with Crippen LogP contribution in [0.4, 0.5) is 0 Å². The molecule has 108 valence electrons. The van der Waals surface area contributed by atoms with E-state index in [-0.39, 0.29) is 17.6 Å². The van der Waals surface area contributed by atoms with Gasteiger partial charge in [-0.25, -0.2) is 0 Å². The van der Waals surface area contributed by atoms with Gasteiger partial charge in [0.05, 0.1) is 5.75 Å². The quantitative estimate of drug-likeness (QED) is 0.567. The summed E-state index contributed by atoms with van der Waals surface area (Å²) in [7, 11) is 0. The molecule has 1 aromatic rings. The molecule has 1 saturated heterocycles. The number of thioether (sulfide) groups is 2. The molecule has 1 aliphatic rings. The van der Waals surface area contributed by atoms with Gasteiger partial charge in [-0.05, 0) is 0 Å². The molecule has 0 aliphatic carbocycles. The Kier molecular flexibility index (Phi) is 5.38. The van der Waals surface area contributed by atoms with Crippen molar-refractivity contribution in [1.82, 2.24) is 15.1 Å². The number of likely N-dealkylation sites (tertiary alicyclic amines) is 1. The molecule has 1 aromatic heterocycles. The second-order valence-corrected chi connectivity index (χ2v) is 7.42. The predicted octanol–water partition coefficient (Wildman–Crippen LogP) is 0.357. The maximum Gasteiger partial charge on any atom is 0.229 e. The molecule has 0 bridgehead atoms. The van der Waals surface area contributed by atoms with Crippen LogP contribution in [-0.4, -0.2) is 50.9 Å². The normalized spacial score (nSPS) is 15.1. The third-order valence-corrected chi connectivity index (χ3v) is 5.61. The largest absolute Gasteiger partial charge is 0.369 e. The molecule has 20 heavy (non-hydrogen) atoms. The number of carbonyl (C=O) groups excluding carboxylic acids is 3. The summed E-state index contributed by atoms with van der Waals surface area (Å²) < 4.78 is 1.43. The Morgan fingerprint density at radius 2 is 1.80 bits per heavy atom. The van der Waals surface area contributed by atoms with Crippen molar-refractivity contribution in [2.45, 2.75) is 21.5 Å². The van der Waals surface area contributed by atoms with Gasteiger partial charge in [-0.2, -0.15) is 0 Å². The molecule has 0 atom stereocenters. The number of hydrogen-bond acceptors (Lipinski definition) is 8. The minimum Gasteiger partial charge on any atom is -0.369 e. The summed E-state index contributed by atoms with van der Waals surface area (Å²) in [4.78, 5) is 34.7. The van der Waals surface area contributed by atoms with E-state index in [1.54, 1.807) is 0 Å². The van der Waals surface area contributed by atoms with Gasteiger partial charge in [-0.1, -0.05) is 34.9 Å². The summed E-state index contributed by atoms with van der Waals surface area (Å²) in [6, 6.07) is 0. The topological polar surface area (TPSA) is 106 Å². The SMILES string of the molecule is NC(=O)CSc1nnc(SCCN2C(=O)CCC2=O)s1.